The Labute approximate surface area is 129 Å². The molecule has 4 nitrogen and oxygen atoms in total. The molecule has 1 aromatic rings. The van der Waals surface area contributed by atoms with Crippen LogP contribution in [0, 0.1) is 0 Å². The third-order valence-corrected chi connectivity index (χ3v) is 4.41. The Morgan fingerprint density at radius 2 is 2.20 bits per heavy atom. The van der Waals surface area contributed by atoms with Gasteiger partial charge in [0.15, 0.2) is 0 Å². The van der Waals surface area contributed by atoms with Gasteiger partial charge >= 0.3 is 0 Å². The van der Waals surface area contributed by atoms with Crippen LogP contribution in [0.2, 0.25) is 5.15 Å². The first-order chi connectivity index (χ1) is 9.69. The van der Waals surface area contributed by atoms with Crippen molar-refractivity contribution in [3.8, 4) is 0 Å². The second-order valence-electron chi connectivity index (χ2n) is 4.85. The molecule has 0 unspecified atom stereocenters. The first-order valence-corrected chi connectivity index (χ1v) is 8.52. The lowest BCUT2D eigenvalue weighted by molar-refractivity contribution is 0.0935. The number of carbonyl (C=O) groups excluding carboxylic acids is 1. The van der Waals surface area contributed by atoms with Crippen molar-refractivity contribution < 1.29 is 4.79 Å². The van der Waals surface area contributed by atoms with E-state index >= 15 is 0 Å². The molecular weight excluding hydrogens is 294 g/mol. The second kappa shape index (κ2) is 7.74. The highest BCUT2D eigenvalue weighted by Crippen LogP contribution is 2.19. The van der Waals surface area contributed by atoms with Crippen LogP contribution in [-0.2, 0) is 0 Å². The van der Waals surface area contributed by atoms with Crippen LogP contribution in [0.4, 0.5) is 5.82 Å². The van der Waals surface area contributed by atoms with Crippen LogP contribution < -0.4 is 10.6 Å². The van der Waals surface area contributed by atoms with Crippen molar-refractivity contribution in [2.45, 2.75) is 32.2 Å². The summed E-state index contributed by atoms with van der Waals surface area (Å²) >= 11 is 7.92. The molecule has 0 aliphatic carbocycles. The number of hydrogen-bond acceptors (Lipinski definition) is 4. The van der Waals surface area contributed by atoms with Crippen LogP contribution >= 0.6 is 23.4 Å². The molecule has 110 valence electrons. The van der Waals surface area contributed by atoms with E-state index in [1.54, 1.807) is 12.1 Å². The van der Waals surface area contributed by atoms with Crippen molar-refractivity contribution in [1.29, 1.82) is 0 Å². The van der Waals surface area contributed by atoms with Gasteiger partial charge in [-0.05, 0) is 42.9 Å². The van der Waals surface area contributed by atoms with Crippen molar-refractivity contribution >= 4 is 35.1 Å². The number of thioether (sulfide) groups is 1. The lowest BCUT2D eigenvalue weighted by Gasteiger charge is -2.22. The molecule has 0 radical (unpaired) electrons. The average molecular weight is 314 g/mol. The van der Waals surface area contributed by atoms with Crippen LogP contribution in [0.1, 0.15) is 36.5 Å². The van der Waals surface area contributed by atoms with Gasteiger partial charge in [0.25, 0.3) is 5.91 Å². The van der Waals surface area contributed by atoms with Crippen LogP contribution in [0.5, 0.6) is 0 Å². The van der Waals surface area contributed by atoms with Crippen LogP contribution in [0.25, 0.3) is 0 Å². The standard InChI is InChI=1S/C14H20ClN3OS/c1-2-5-16-13-9-10(8-12(15)18-13)14(19)17-11-3-6-20-7-4-11/h8-9,11H,2-7H2,1H3,(H,16,18)(H,17,19). The Bertz CT molecular complexity index is 464. The third kappa shape index (κ3) is 4.56. The van der Waals surface area contributed by atoms with E-state index in [9.17, 15) is 4.79 Å². The maximum Gasteiger partial charge on any atom is 0.251 e. The number of rotatable bonds is 5. The lowest BCUT2D eigenvalue weighted by atomic mass is 10.1. The van der Waals surface area contributed by atoms with Crippen molar-refractivity contribution in [3.05, 3.63) is 22.8 Å². The van der Waals surface area contributed by atoms with Gasteiger partial charge in [-0.1, -0.05) is 18.5 Å². The molecule has 1 saturated heterocycles. The lowest BCUT2D eigenvalue weighted by Crippen LogP contribution is -2.37. The summed E-state index contributed by atoms with van der Waals surface area (Å²) in [7, 11) is 0. The molecular formula is C14H20ClN3OS. The summed E-state index contributed by atoms with van der Waals surface area (Å²) in [5.74, 6) is 2.82. The Kier molecular flexibility index (Phi) is 5.98. The molecule has 2 N–H and O–H groups in total. The summed E-state index contributed by atoms with van der Waals surface area (Å²) in [4.78, 5) is 16.4. The molecule has 1 fully saturated rings. The summed E-state index contributed by atoms with van der Waals surface area (Å²) < 4.78 is 0. The summed E-state index contributed by atoms with van der Waals surface area (Å²) in [5, 5.41) is 6.58. The maximum atomic E-state index is 12.3. The number of halogens is 1. The van der Waals surface area contributed by atoms with Crippen LogP contribution in [0.3, 0.4) is 0 Å². The molecule has 20 heavy (non-hydrogen) atoms. The number of hydrogen-bond donors (Lipinski definition) is 2. The normalized spacial score (nSPS) is 15.9. The minimum Gasteiger partial charge on any atom is -0.370 e. The number of carbonyl (C=O) groups is 1. The van der Waals surface area contributed by atoms with E-state index in [0.717, 1.165) is 37.3 Å². The summed E-state index contributed by atoms with van der Waals surface area (Å²) in [6.07, 6.45) is 3.07. The summed E-state index contributed by atoms with van der Waals surface area (Å²) in [5.41, 5.74) is 0.571. The van der Waals surface area contributed by atoms with Crippen molar-refractivity contribution in [3.63, 3.8) is 0 Å². The van der Waals surface area contributed by atoms with Gasteiger partial charge < -0.3 is 10.6 Å². The molecule has 0 spiro atoms. The van der Waals surface area contributed by atoms with Gasteiger partial charge in [-0.15, -0.1) is 0 Å². The zero-order chi connectivity index (χ0) is 14.4. The SMILES string of the molecule is CCCNc1cc(C(=O)NC2CCSCC2)cc(Cl)n1. The number of pyridine rings is 1. The first-order valence-electron chi connectivity index (χ1n) is 6.99. The smallest absolute Gasteiger partial charge is 0.251 e. The zero-order valence-corrected chi connectivity index (χ0v) is 13.2. The molecule has 2 rings (SSSR count). The molecule has 0 atom stereocenters. The Morgan fingerprint density at radius 3 is 2.90 bits per heavy atom. The highest BCUT2D eigenvalue weighted by atomic mass is 35.5. The van der Waals surface area contributed by atoms with Crippen LogP contribution in [0.15, 0.2) is 12.1 Å². The minimum absolute atomic E-state index is 0.0641. The molecule has 0 saturated carbocycles. The second-order valence-corrected chi connectivity index (χ2v) is 6.46. The average Bonchev–Trinajstić information content (AvgIpc) is 2.45. The Morgan fingerprint density at radius 1 is 1.45 bits per heavy atom. The highest BCUT2D eigenvalue weighted by molar-refractivity contribution is 7.99. The topological polar surface area (TPSA) is 54.0 Å². The quantitative estimate of drug-likeness (QED) is 0.820. The zero-order valence-electron chi connectivity index (χ0n) is 11.6. The highest BCUT2D eigenvalue weighted by Gasteiger charge is 2.17. The van der Waals surface area contributed by atoms with E-state index in [4.69, 9.17) is 11.6 Å². The Hall–Kier alpha value is -0.940. The molecule has 2 heterocycles. The van der Waals surface area contributed by atoms with Gasteiger partial charge in [-0.3, -0.25) is 4.79 Å². The Balaban J connectivity index is 2.02. The summed E-state index contributed by atoms with van der Waals surface area (Å²) in [6.45, 7) is 2.89. The molecule has 0 aromatic carbocycles. The largest absolute Gasteiger partial charge is 0.370 e. The van der Waals surface area contributed by atoms with E-state index in [1.165, 1.54) is 0 Å². The van der Waals surface area contributed by atoms with Gasteiger partial charge in [0.2, 0.25) is 0 Å². The number of nitrogens with one attached hydrogen (secondary N) is 2. The molecule has 1 aromatic heterocycles. The molecule has 0 bridgehead atoms. The fourth-order valence-corrected chi connectivity index (χ4v) is 3.40. The van der Waals surface area contributed by atoms with Crippen molar-refractivity contribution in [1.82, 2.24) is 10.3 Å². The van der Waals surface area contributed by atoms with E-state index in [2.05, 4.69) is 22.5 Å². The predicted molar refractivity (Wildman–Crippen MR) is 85.8 cm³/mol. The van der Waals surface area contributed by atoms with E-state index in [1.807, 2.05) is 11.8 Å². The molecule has 1 aliphatic heterocycles. The van der Waals surface area contributed by atoms with Gasteiger partial charge in [0.05, 0.1) is 0 Å². The molecule has 6 heteroatoms. The van der Waals surface area contributed by atoms with Gasteiger partial charge in [0.1, 0.15) is 11.0 Å². The fraction of sp³-hybridized carbons (Fsp3) is 0.571. The van der Waals surface area contributed by atoms with Crippen molar-refractivity contribution in [2.24, 2.45) is 0 Å². The van der Waals surface area contributed by atoms with Crippen molar-refractivity contribution in [2.75, 3.05) is 23.4 Å². The molecule has 1 aliphatic rings. The summed E-state index contributed by atoms with van der Waals surface area (Å²) in [6, 6.07) is 3.66. The van der Waals surface area contributed by atoms with E-state index < -0.39 is 0 Å². The monoisotopic (exact) mass is 313 g/mol. The van der Waals surface area contributed by atoms with E-state index in [0.29, 0.717) is 16.5 Å². The fourth-order valence-electron chi connectivity index (χ4n) is 2.08. The van der Waals surface area contributed by atoms with E-state index in [-0.39, 0.29) is 11.9 Å². The maximum absolute atomic E-state index is 12.3. The number of anilines is 1. The number of aromatic nitrogens is 1. The van der Waals surface area contributed by atoms with Gasteiger partial charge in [-0.2, -0.15) is 11.8 Å². The molecule has 1 amide bonds. The number of amides is 1. The first kappa shape index (κ1) is 15.4. The van der Waals surface area contributed by atoms with Gasteiger partial charge in [0, 0.05) is 18.2 Å². The predicted octanol–water partition coefficient (Wildman–Crippen LogP) is 3.18. The minimum atomic E-state index is -0.0641. The van der Waals surface area contributed by atoms with Crippen LogP contribution in [-0.4, -0.2) is 35.0 Å². The van der Waals surface area contributed by atoms with Gasteiger partial charge in [-0.25, -0.2) is 4.98 Å². The number of nitrogens with zero attached hydrogens (tertiary/aromatic N) is 1. The third-order valence-electron chi connectivity index (χ3n) is 3.17.